The number of fused-ring (bicyclic) bond motifs is 6. The Labute approximate surface area is 174 Å². The second kappa shape index (κ2) is 6.09. The lowest BCUT2D eigenvalue weighted by molar-refractivity contribution is -0.189. The molecule has 0 bridgehead atoms. The largest absolute Gasteiger partial charge is 0.493 e. The van der Waals surface area contributed by atoms with Crippen molar-refractivity contribution in [1.82, 2.24) is 9.80 Å². The average Bonchev–Trinajstić information content (AvgIpc) is 2.99. The predicted octanol–water partition coefficient (Wildman–Crippen LogP) is 2.13. The molecule has 3 aliphatic rings. The van der Waals surface area contributed by atoms with Crippen LogP contribution in [-0.4, -0.2) is 53.0 Å². The first kappa shape index (κ1) is 18.7. The summed E-state index contributed by atoms with van der Waals surface area (Å²) in [5.41, 5.74) is 1.40. The lowest BCUT2D eigenvalue weighted by Crippen LogP contribution is -2.70. The summed E-state index contributed by atoms with van der Waals surface area (Å²) in [6, 6.07) is 9.10. The van der Waals surface area contributed by atoms with Crippen molar-refractivity contribution in [2.75, 3.05) is 14.2 Å². The number of nitrogens with zero attached hydrogens (tertiary/aromatic N) is 2. The summed E-state index contributed by atoms with van der Waals surface area (Å²) in [7, 11) is 3.11. The first-order valence-corrected chi connectivity index (χ1v) is 9.77. The van der Waals surface area contributed by atoms with Gasteiger partial charge in [0.05, 0.1) is 20.3 Å². The maximum absolute atomic E-state index is 13.3. The zero-order valence-electron chi connectivity index (χ0n) is 17.0. The van der Waals surface area contributed by atoms with E-state index in [1.165, 1.54) is 4.90 Å². The molecule has 3 heterocycles. The third kappa shape index (κ3) is 2.07. The molecule has 7 nitrogen and oxygen atoms in total. The highest BCUT2D eigenvalue weighted by molar-refractivity contribution is 6.05. The smallest absolute Gasteiger partial charge is 0.257 e. The van der Waals surface area contributed by atoms with E-state index in [2.05, 4.69) is 6.58 Å². The van der Waals surface area contributed by atoms with Crippen molar-refractivity contribution in [3.8, 4) is 11.5 Å². The van der Waals surface area contributed by atoms with Gasteiger partial charge in [-0.1, -0.05) is 24.8 Å². The molecule has 30 heavy (non-hydrogen) atoms. The highest BCUT2D eigenvalue weighted by atomic mass is 16.5. The van der Waals surface area contributed by atoms with Crippen LogP contribution >= 0.6 is 0 Å². The number of carbonyl (C=O) groups is 2. The molecule has 0 unspecified atom stereocenters. The Morgan fingerprint density at radius 3 is 2.47 bits per heavy atom. The molecule has 0 spiro atoms. The molecule has 1 saturated heterocycles. The molecule has 3 atom stereocenters. The molecule has 0 aromatic heterocycles. The molecule has 154 valence electrons. The number of ether oxygens (including phenoxy) is 2. The summed E-state index contributed by atoms with van der Waals surface area (Å²) in [4.78, 5) is 29.3. The number of amides is 2. The molecule has 1 fully saturated rings. The average molecular weight is 406 g/mol. The minimum Gasteiger partial charge on any atom is -0.493 e. The molecule has 0 aliphatic carbocycles. The van der Waals surface area contributed by atoms with E-state index in [1.807, 2.05) is 6.07 Å². The van der Waals surface area contributed by atoms with E-state index in [-0.39, 0.29) is 11.8 Å². The van der Waals surface area contributed by atoms with Crippen molar-refractivity contribution in [2.45, 2.75) is 31.2 Å². The number of rotatable bonds is 2. The van der Waals surface area contributed by atoms with E-state index in [4.69, 9.17) is 9.47 Å². The van der Waals surface area contributed by atoms with Gasteiger partial charge < -0.3 is 19.5 Å². The summed E-state index contributed by atoms with van der Waals surface area (Å²) in [6.45, 7) is 5.81. The lowest BCUT2D eigenvalue weighted by atomic mass is 9.80. The Hall–Kier alpha value is -3.32. The van der Waals surface area contributed by atoms with Gasteiger partial charge in [0.2, 0.25) is 5.91 Å². The zero-order chi connectivity index (χ0) is 21.4. The van der Waals surface area contributed by atoms with Gasteiger partial charge in [-0.25, -0.2) is 0 Å². The fourth-order valence-electron chi connectivity index (χ4n) is 5.11. The second-order valence-electron chi connectivity index (χ2n) is 7.86. The number of piperazine rings is 1. The Kier molecular flexibility index (Phi) is 3.79. The lowest BCUT2D eigenvalue weighted by Gasteiger charge is -2.54. The third-order valence-corrected chi connectivity index (χ3v) is 6.52. The van der Waals surface area contributed by atoms with Gasteiger partial charge in [-0.3, -0.25) is 14.5 Å². The fraction of sp³-hybridized carbons (Fsp3) is 0.304. The Balaban J connectivity index is 1.73. The van der Waals surface area contributed by atoms with E-state index in [1.54, 1.807) is 56.4 Å². The van der Waals surface area contributed by atoms with Gasteiger partial charge in [0.1, 0.15) is 6.04 Å². The predicted molar refractivity (Wildman–Crippen MR) is 109 cm³/mol. The van der Waals surface area contributed by atoms with Gasteiger partial charge in [0.15, 0.2) is 17.2 Å². The number of hydrogen-bond acceptors (Lipinski definition) is 5. The molecule has 1 N–H and O–H groups in total. The van der Waals surface area contributed by atoms with Crippen LogP contribution in [0, 0.1) is 0 Å². The van der Waals surface area contributed by atoms with Crippen LogP contribution < -0.4 is 9.47 Å². The van der Waals surface area contributed by atoms with E-state index >= 15 is 0 Å². The van der Waals surface area contributed by atoms with Crippen LogP contribution in [0.2, 0.25) is 0 Å². The Morgan fingerprint density at radius 1 is 1.10 bits per heavy atom. The zero-order valence-corrected chi connectivity index (χ0v) is 17.0. The Bertz CT molecular complexity index is 1130. The summed E-state index contributed by atoms with van der Waals surface area (Å²) < 4.78 is 10.8. The van der Waals surface area contributed by atoms with Gasteiger partial charge >= 0.3 is 0 Å². The van der Waals surface area contributed by atoms with Crippen LogP contribution in [0.15, 0.2) is 43.0 Å². The monoisotopic (exact) mass is 406 g/mol. The van der Waals surface area contributed by atoms with Crippen LogP contribution in [0.1, 0.15) is 34.0 Å². The third-order valence-electron chi connectivity index (χ3n) is 6.52. The highest BCUT2D eigenvalue weighted by Gasteiger charge is 2.63. The van der Waals surface area contributed by atoms with Crippen molar-refractivity contribution < 1.29 is 24.2 Å². The molecule has 7 heteroatoms. The SMILES string of the molecule is C=C1c2cc(OC)c(OC)cc2C[C@H]2N1C(=O)[C@@H](C)N1C(=O)c3ccccc3[C@@]21O. The number of aliphatic hydroxyl groups is 1. The van der Waals surface area contributed by atoms with Crippen LogP contribution in [0.25, 0.3) is 5.70 Å². The van der Waals surface area contributed by atoms with Gasteiger partial charge in [0.25, 0.3) is 5.91 Å². The van der Waals surface area contributed by atoms with Gasteiger partial charge in [-0.2, -0.15) is 0 Å². The molecule has 0 saturated carbocycles. The number of methoxy groups -OCH3 is 2. The van der Waals surface area contributed by atoms with Crippen LogP contribution in [0.4, 0.5) is 0 Å². The molecule has 3 aliphatic heterocycles. The number of carbonyl (C=O) groups excluding carboxylic acids is 2. The first-order chi connectivity index (χ1) is 14.3. The van der Waals surface area contributed by atoms with Crippen molar-refractivity contribution in [2.24, 2.45) is 0 Å². The molecule has 2 aromatic carbocycles. The van der Waals surface area contributed by atoms with Crippen molar-refractivity contribution in [3.63, 3.8) is 0 Å². The molecular formula is C23H22N2O5. The Morgan fingerprint density at radius 2 is 1.77 bits per heavy atom. The normalized spacial score (nSPS) is 26.7. The molecule has 2 aromatic rings. The van der Waals surface area contributed by atoms with Crippen LogP contribution in [-0.2, 0) is 16.9 Å². The van der Waals surface area contributed by atoms with Crippen molar-refractivity contribution in [3.05, 3.63) is 65.2 Å². The fourth-order valence-corrected chi connectivity index (χ4v) is 5.11. The maximum Gasteiger partial charge on any atom is 0.257 e. The summed E-state index contributed by atoms with van der Waals surface area (Å²) >= 11 is 0. The van der Waals surface area contributed by atoms with Crippen LogP contribution in [0.3, 0.4) is 0 Å². The summed E-state index contributed by atoms with van der Waals surface area (Å²) in [6.07, 6.45) is 0.335. The minimum absolute atomic E-state index is 0.267. The number of benzene rings is 2. The molecule has 5 rings (SSSR count). The molecule has 0 radical (unpaired) electrons. The quantitative estimate of drug-likeness (QED) is 0.827. The topological polar surface area (TPSA) is 79.3 Å². The first-order valence-electron chi connectivity index (χ1n) is 9.77. The van der Waals surface area contributed by atoms with E-state index in [0.717, 1.165) is 11.1 Å². The van der Waals surface area contributed by atoms with Crippen molar-refractivity contribution in [1.29, 1.82) is 0 Å². The standard InChI is InChI=1S/C23H22N2O5/c1-12-16-11-19(30-4)18(29-3)9-14(16)10-20-23(28)17-8-6-5-7-15(17)22(27)25(23)13(2)21(26)24(12)20/h5-9,11,13,20,28H,1,10H2,2-4H3/t13-,20-,23-/m1/s1. The van der Waals surface area contributed by atoms with Crippen LogP contribution in [0.5, 0.6) is 11.5 Å². The van der Waals surface area contributed by atoms with Gasteiger partial charge in [-0.15, -0.1) is 0 Å². The maximum atomic E-state index is 13.3. The summed E-state index contributed by atoms with van der Waals surface area (Å²) in [5, 5.41) is 12.0. The van der Waals surface area contributed by atoms with Gasteiger partial charge in [0, 0.05) is 22.4 Å². The van der Waals surface area contributed by atoms with E-state index in [9.17, 15) is 14.7 Å². The molecule has 2 amide bonds. The highest BCUT2D eigenvalue weighted by Crippen LogP contribution is 2.51. The number of hydrogen-bond donors (Lipinski definition) is 1. The van der Waals surface area contributed by atoms with E-state index in [0.29, 0.717) is 34.7 Å². The molecular weight excluding hydrogens is 384 g/mol. The van der Waals surface area contributed by atoms with Gasteiger partial charge in [-0.05, 0) is 37.1 Å². The summed E-state index contributed by atoms with van der Waals surface area (Å²) in [5.74, 6) is 0.489. The van der Waals surface area contributed by atoms with E-state index < -0.39 is 17.8 Å². The van der Waals surface area contributed by atoms with Crippen molar-refractivity contribution >= 4 is 17.5 Å². The minimum atomic E-state index is -1.64. The second-order valence-corrected chi connectivity index (χ2v) is 7.86.